The number of methoxy groups -OCH3 is 2. The fourth-order valence-corrected chi connectivity index (χ4v) is 19.5. The molecule has 0 saturated heterocycles. The molecule has 0 aromatic heterocycles. The number of carbonyl (C=O) groups is 2. The van der Waals surface area contributed by atoms with Crippen molar-refractivity contribution in [3.05, 3.63) is 22.3 Å². The van der Waals surface area contributed by atoms with Crippen molar-refractivity contribution < 1.29 is 38.0 Å². The summed E-state index contributed by atoms with van der Waals surface area (Å²) in [6, 6.07) is 0. The van der Waals surface area contributed by atoms with Crippen LogP contribution >= 0.6 is 0 Å². The SMILES string of the molecule is COCCOCCOC(=O)C1(C(=O)OCCOCCOC)[C@@H]2[C@H]3C[C@H]4CC5C[C@@H]6CC[C@@H]7C[C@@H]8CC9CC([C@@H]%10C%11=C9C8=C8C9C([C@H]5[C@H]4[C@H](C%119)[C@H]3%10)[C@H]6[C@@H]87)[C@@H]21. The van der Waals surface area contributed by atoms with Crippen LogP contribution in [0.25, 0.3) is 0 Å². The van der Waals surface area contributed by atoms with Crippen LogP contribution in [0.1, 0.15) is 51.4 Å². The summed E-state index contributed by atoms with van der Waals surface area (Å²) < 4.78 is 34.0. The van der Waals surface area contributed by atoms with Gasteiger partial charge in [0.05, 0.1) is 39.6 Å². The van der Waals surface area contributed by atoms with Crippen molar-refractivity contribution >= 4 is 11.9 Å². The summed E-state index contributed by atoms with van der Waals surface area (Å²) in [7, 11) is 3.31. The number of esters is 2. The quantitative estimate of drug-likeness (QED) is 0.130. The van der Waals surface area contributed by atoms with Crippen LogP contribution in [0, 0.1) is 124 Å². The molecular weight excluding hydrogens is 668 g/mol. The van der Waals surface area contributed by atoms with Gasteiger partial charge in [0, 0.05) is 14.2 Å². The van der Waals surface area contributed by atoms with E-state index in [4.69, 9.17) is 28.4 Å². The molecule has 10 fully saturated rings. The molecular formula is C45H58O8. The fourth-order valence-electron chi connectivity index (χ4n) is 19.5. The van der Waals surface area contributed by atoms with Gasteiger partial charge in [-0.15, -0.1) is 0 Å². The lowest BCUT2D eigenvalue weighted by Gasteiger charge is -2.58. The van der Waals surface area contributed by atoms with E-state index in [9.17, 15) is 9.59 Å². The molecule has 53 heavy (non-hydrogen) atoms. The third-order valence-electron chi connectivity index (χ3n) is 19.6. The van der Waals surface area contributed by atoms with Crippen LogP contribution in [0.4, 0.5) is 0 Å². The minimum atomic E-state index is -1.20. The zero-order valence-corrected chi connectivity index (χ0v) is 31.6. The Morgan fingerprint density at radius 2 is 1.08 bits per heavy atom. The molecule has 6 unspecified atom stereocenters. The van der Waals surface area contributed by atoms with E-state index in [2.05, 4.69) is 5.57 Å². The van der Waals surface area contributed by atoms with Crippen molar-refractivity contribution in [2.45, 2.75) is 51.4 Å². The molecule has 0 heterocycles. The lowest BCUT2D eigenvalue weighted by molar-refractivity contribution is -0.169. The third-order valence-corrected chi connectivity index (χ3v) is 19.6. The summed E-state index contributed by atoms with van der Waals surface area (Å²) in [4.78, 5) is 29.6. The van der Waals surface area contributed by atoms with Gasteiger partial charge in [-0.25, -0.2) is 0 Å². The number of hydrogen-bond acceptors (Lipinski definition) is 8. The Kier molecular flexibility index (Phi) is 6.85. The van der Waals surface area contributed by atoms with Crippen LogP contribution in [0.5, 0.6) is 0 Å². The Morgan fingerprint density at radius 3 is 1.77 bits per heavy atom. The van der Waals surface area contributed by atoms with Crippen molar-refractivity contribution in [2.75, 3.05) is 67.1 Å². The molecule has 0 radical (unpaired) electrons. The molecule has 0 aromatic rings. The van der Waals surface area contributed by atoms with Gasteiger partial charge in [-0.3, -0.25) is 9.59 Å². The Balaban J connectivity index is 0.913. The van der Waals surface area contributed by atoms with Crippen molar-refractivity contribution in [3.8, 4) is 0 Å². The van der Waals surface area contributed by atoms with Crippen LogP contribution in [-0.4, -0.2) is 79.0 Å². The minimum absolute atomic E-state index is 0.0260. The van der Waals surface area contributed by atoms with Gasteiger partial charge in [-0.05, 0) is 181 Å². The average molecular weight is 727 g/mol. The summed E-state index contributed by atoms with van der Waals surface area (Å²) in [5, 5.41) is 0. The lowest BCUT2D eigenvalue weighted by atomic mass is 9.46. The summed E-state index contributed by atoms with van der Waals surface area (Å²) >= 11 is 0. The molecule has 286 valence electrons. The first-order valence-corrected chi connectivity index (χ1v) is 22.1. The normalized spacial score (nSPS) is 52.8. The molecule has 0 N–H and O–H groups in total. The van der Waals surface area contributed by atoms with Gasteiger partial charge >= 0.3 is 11.9 Å². The molecule has 20 atom stereocenters. The Bertz CT molecular complexity index is 1670. The zero-order valence-electron chi connectivity index (χ0n) is 31.6. The molecule has 13 aliphatic carbocycles. The highest BCUT2D eigenvalue weighted by Crippen LogP contribution is 2.88. The minimum Gasteiger partial charge on any atom is -0.462 e. The van der Waals surface area contributed by atoms with E-state index in [1.807, 2.05) is 16.7 Å². The van der Waals surface area contributed by atoms with E-state index in [1.165, 1.54) is 51.4 Å². The predicted molar refractivity (Wildman–Crippen MR) is 191 cm³/mol. The Hall–Kier alpha value is -1.74. The molecule has 8 nitrogen and oxygen atoms in total. The predicted octanol–water partition coefficient (Wildman–Crippen LogP) is 5.60. The smallest absolute Gasteiger partial charge is 0.324 e. The number of fused-ring (bicyclic) bond motifs is 3. The van der Waals surface area contributed by atoms with Gasteiger partial charge in [0.2, 0.25) is 0 Å². The average Bonchev–Trinajstić information content (AvgIpc) is 3.46. The first-order chi connectivity index (χ1) is 26.1. The maximum Gasteiger partial charge on any atom is 0.324 e. The van der Waals surface area contributed by atoms with Crippen molar-refractivity contribution in [1.29, 1.82) is 0 Å². The second kappa shape index (κ2) is 11.2. The third kappa shape index (κ3) is 3.73. The summed E-state index contributed by atoms with van der Waals surface area (Å²) in [6.07, 6.45) is 11.1. The van der Waals surface area contributed by atoms with E-state index < -0.39 is 5.41 Å². The molecule has 13 aliphatic rings. The molecule has 8 heteroatoms. The Labute approximate surface area is 313 Å². The maximum atomic E-state index is 14.8. The molecule has 0 spiro atoms. The largest absolute Gasteiger partial charge is 0.462 e. The molecule has 13 rings (SSSR count). The highest BCUT2D eigenvalue weighted by molar-refractivity contribution is 6.05. The lowest BCUT2D eigenvalue weighted by Crippen LogP contribution is -2.54. The van der Waals surface area contributed by atoms with Crippen LogP contribution < -0.4 is 0 Å². The summed E-state index contributed by atoms with van der Waals surface area (Å²) in [6.45, 7) is 2.84. The number of rotatable bonds is 14. The molecule has 0 aromatic carbocycles. The van der Waals surface area contributed by atoms with Gasteiger partial charge < -0.3 is 28.4 Å². The highest BCUT2D eigenvalue weighted by atomic mass is 16.6. The van der Waals surface area contributed by atoms with E-state index in [-0.39, 0.29) is 37.0 Å². The monoisotopic (exact) mass is 726 g/mol. The summed E-state index contributed by atoms with van der Waals surface area (Å²) in [5.74, 6) is 13.4. The standard InChI is InChI=1S/C45H58O8/c1-48-5-7-50-9-11-52-43(46)45(44(47)53-12-10-51-8-6-49-2)41-25-17-23-15-21-13-19-3-4-20-14-22-16-24-18-26(42(41)45)34-33(25)37-31(23)29(21)35-27(19)28(20)36-30(22)32(24)38(34)40(37)39(35)36/h19-29,31,33-35,37,39-42H,3-18H2,1-2H3/t19-,20+,21?,22+,23+,24?,25-,26?,27+,28-,29+,31-,33+,34-,35?,37-,39?,40?,41+,42-/m0/s1. The van der Waals surface area contributed by atoms with Gasteiger partial charge in [0.25, 0.3) is 0 Å². The van der Waals surface area contributed by atoms with Gasteiger partial charge in [0.1, 0.15) is 13.2 Å². The van der Waals surface area contributed by atoms with Crippen molar-refractivity contribution in [2.24, 2.45) is 124 Å². The molecule has 0 aliphatic heterocycles. The van der Waals surface area contributed by atoms with E-state index in [1.54, 1.807) is 14.2 Å². The first-order valence-electron chi connectivity index (χ1n) is 22.1. The second-order valence-corrected chi connectivity index (χ2v) is 20.5. The summed E-state index contributed by atoms with van der Waals surface area (Å²) in [5.41, 5.74) is 6.69. The van der Waals surface area contributed by atoms with Gasteiger partial charge in [-0.1, -0.05) is 11.1 Å². The van der Waals surface area contributed by atoms with Crippen LogP contribution in [0.2, 0.25) is 0 Å². The van der Waals surface area contributed by atoms with Gasteiger partial charge in [-0.2, -0.15) is 0 Å². The molecule has 0 bridgehead atoms. The van der Waals surface area contributed by atoms with Crippen molar-refractivity contribution in [3.63, 3.8) is 0 Å². The second-order valence-electron chi connectivity index (χ2n) is 20.5. The van der Waals surface area contributed by atoms with E-state index in [0.717, 1.165) is 76.9 Å². The van der Waals surface area contributed by atoms with Crippen LogP contribution in [0.15, 0.2) is 22.3 Å². The topological polar surface area (TPSA) is 89.5 Å². The molecule has 0 amide bonds. The first kappa shape index (κ1) is 32.4. The highest BCUT2D eigenvalue weighted by Gasteiger charge is 2.88. The van der Waals surface area contributed by atoms with Crippen LogP contribution in [-0.2, 0) is 38.0 Å². The molecule has 10 saturated carbocycles. The number of allylic oxidation sites excluding steroid dienone is 4. The van der Waals surface area contributed by atoms with Gasteiger partial charge in [0.15, 0.2) is 5.41 Å². The fraction of sp³-hybridized carbons (Fsp3) is 0.867. The Morgan fingerprint density at radius 1 is 0.509 bits per heavy atom. The number of ether oxygens (including phenoxy) is 6. The van der Waals surface area contributed by atoms with Crippen molar-refractivity contribution in [1.82, 2.24) is 0 Å². The van der Waals surface area contributed by atoms with E-state index >= 15 is 0 Å². The van der Waals surface area contributed by atoms with E-state index in [0.29, 0.717) is 69.2 Å². The maximum absolute atomic E-state index is 14.8. The number of hydrogen-bond donors (Lipinski definition) is 0. The number of carbonyl (C=O) groups excluding carboxylic acids is 2. The zero-order chi connectivity index (χ0) is 35.1. The van der Waals surface area contributed by atoms with Crippen LogP contribution in [0.3, 0.4) is 0 Å².